The number of thioether (sulfide) groups is 1. The fourth-order valence-electron chi connectivity index (χ4n) is 2.01. The van der Waals surface area contributed by atoms with Crippen LogP contribution in [0.1, 0.15) is 50.0 Å². The van der Waals surface area contributed by atoms with Crippen LogP contribution in [0, 0.1) is 0 Å². The van der Waals surface area contributed by atoms with E-state index in [1.54, 1.807) is 7.05 Å². The van der Waals surface area contributed by atoms with Crippen LogP contribution in [-0.4, -0.2) is 42.5 Å². The van der Waals surface area contributed by atoms with Crippen molar-refractivity contribution in [2.75, 3.05) is 19.8 Å². The van der Waals surface area contributed by atoms with E-state index in [2.05, 4.69) is 48.0 Å². The molecule has 1 rings (SSSR count). The fourth-order valence-corrected chi connectivity index (χ4v) is 2.22. The Morgan fingerprint density at radius 2 is 2.00 bits per heavy atom. The molecule has 3 N–H and O–H groups in total. The summed E-state index contributed by atoms with van der Waals surface area (Å²) in [5.74, 6) is 0.733. The second-order valence-corrected chi connectivity index (χ2v) is 8.24. The minimum absolute atomic E-state index is 0. The van der Waals surface area contributed by atoms with Crippen LogP contribution in [-0.2, 0) is 6.54 Å². The number of aliphatic imine (C=N–C) groups is 1. The molecule has 1 atom stereocenters. The van der Waals surface area contributed by atoms with Crippen LogP contribution in [0.3, 0.4) is 0 Å². The highest BCUT2D eigenvalue weighted by Crippen LogP contribution is 2.19. The van der Waals surface area contributed by atoms with Gasteiger partial charge in [0.25, 0.3) is 5.91 Å². The van der Waals surface area contributed by atoms with Gasteiger partial charge in [-0.25, -0.2) is 0 Å². The van der Waals surface area contributed by atoms with E-state index in [0.29, 0.717) is 12.1 Å². The predicted molar refractivity (Wildman–Crippen MR) is 125 cm³/mol. The zero-order chi connectivity index (χ0) is 18.9. The molecule has 0 bridgehead atoms. The quantitative estimate of drug-likeness (QED) is 0.295. The SMILES string of the molecule is CCC(C)NC(=O)c1cccc(CNC(=NC)NCC(C)(C)SC)c1.I. The summed E-state index contributed by atoms with van der Waals surface area (Å²) in [7, 11) is 1.76. The van der Waals surface area contributed by atoms with E-state index >= 15 is 0 Å². The highest BCUT2D eigenvalue weighted by atomic mass is 127. The zero-order valence-electron chi connectivity index (χ0n) is 16.7. The van der Waals surface area contributed by atoms with Crippen molar-refractivity contribution in [2.24, 2.45) is 4.99 Å². The van der Waals surface area contributed by atoms with Gasteiger partial charge in [-0.3, -0.25) is 9.79 Å². The van der Waals surface area contributed by atoms with E-state index in [1.807, 2.05) is 43.0 Å². The van der Waals surface area contributed by atoms with E-state index in [4.69, 9.17) is 0 Å². The fraction of sp³-hybridized carbons (Fsp3) is 0.579. The Labute approximate surface area is 179 Å². The molecule has 148 valence electrons. The first-order valence-electron chi connectivity index (χ1n) is 8.70. The van der Waals surface area contributed by atoms with Gasteiger partial charge in [-0.2, -0.15) is 11.8 Å². The third kappa shape index (κ3) is 9.12. The maximum absolute atomic E-state index is 12.2. The van der Waals surface area contributed by atoms with E-state index in [0.717, 1.165) is 24.5 Å². The van der Waals surface area contributed by atoms with Gasteiger partial charge < -0.3 is 16.0 Å². The van der Waals surface area contributed by atoms with Crippen LogP contribution in [0.25, 0.3) is 0 Å². The van der Waals surface area contributed by atoms with Gasteiger partial charge in [0.2, 0.25) is 0 Å². The van der Waals surface area contributed by atoms with Crippen molar-refractivity contribution in [2.45, 2.75) is 51.4 Å². The summed E-state index contributed by atoms with van der Waals surface area (Å²) in [6, 6.07) is 7.86. The number of nitrogens with one attached hydrogen (secondary N) is 3. The summed E-state index contributed by atoms with van der Waals surface area (Å²) < 4.78 is 0.144. The first-order chi connectivity index (χ1) is 11.8. The van der Waals surface area contributed by atoms with Gasteiger partial charge in [-0.05, 0) is 51.1 Å². The van der Waals surface area contributed by atoms with Crippen LogP contribution in [0.2, 0.25) is 0 Å². The van der Waals surface area contributed by atoms with Crippen molar-refractivity contribution < 1.29 is 4.79 Å². The lowest BCUT2D eigenvalue weighted by atomic mass is 10.1. The minimum atomic E-state index is -0.0274. The Morgan fingerprint density at radius 3 is 2.58 bits per heavy atom. The standard InChI is InChI=1S/C19H32N4OS.HI/c1-7-14(2)23-17(24)16-10-8-9-15(11-16)12-21-18(20-5)22-13-19(3,4)25-6;/h8-11,14H,7,12-13H2,1-6H3,(H,23,24)(H2,20,21,22);1H. The van der Waals surface area contributed by atoms with Crippen LogP contribution in [0.4, 0.5) is 0 Å². The Hall–Kier alpha value is -0.960. The van der Waals surface area contributed by atoms with E-state index in [1.165, 1.54) is 0 Å². The summed E-state index contributed by atoms with van der Waals surface area (Å²) in [6.07, 6.45) is 3.02. The molecule has 5 nitrogen and oxygen atoms in total. The van der Waals surface area contributed by atoms with Gasteiger partial charge in [0, 0.05) is 36.5 Å². The second kappa shape index (κ2) is 12.4. The Kier molecular flexibility index (Phi) is 12.0. The molecule has 0 fully saturated rings. The van der Waals surface area contributed by atoms with Crippen molar-refractivity contribution in [3.8, 4) is 0 Å². The molecule has 0 aliphatic rings. The smallest absolute Gasteiger partial charge is 0.251 e. The Morgan fingerprint density at radius 1 is 1.31 bits per heavy atom. The van der Waals surface area contributed by atoms with E-state index < -0.39 is 0 Å². The number of hydrogen-bond donors (Lipinski definition) is 3. The van der Waals surface area contributed by atoms with Crippen LogP contribution in [0.15, 0.2) is 29.3 Å². The van der Waals surface area contributed by atoms with Gasteiger partial charge in [0.1, 0.15) is 0 Å². The molecule has 1 aromatic rings. The molecule has 1 unspecified atom stereocenters. The molecule has 0 heterocycles. The predicted octanol–water partition coefficient (Wildman–Crippen LogP) is 3.64. The number of halogens is 1. The molecule has 1 aromatic carbocycles. The number of carbonyl (C=O) groups excluding carboxylic acids is 1. The highest BCUT2D eigenvalue weighted by Gasteiger charge is 2.16. The lowest BCUT2D eigenvalue weighted by Crippen LogP contribution is -2.43. The maximum atomic E-state index is 12.2. The van der Waals surface area contributed by atoms with Gasteiger partial charge >= 0.3 is 0 Å². The molecular formula is C19H33IN4OS. The van der Waals surface area contributed by atoms with Crippen molar-refractivity contribution >= 4 is 47.6 Å². The highest BCUT2D eigenvalue weighted by molar-refractivity contribution is 14.0. The van der Waals surface area contributed by atoms with Gasteiger partial charge in [-0.15, -0.1) is 24.0 Å². The first kappa shape index (κ1) is 25.0. The molecule has 0 spiro atoms. The Bertz CT molecular complexity index is 593. The zero-order valence-corrected chi connectivity index (χ0v) is 19.8. The summed E-state index contributed by atoms with van der Waals surface area (Å²) in [5.41, 5.74) is 1.73. The molecule has 0 radical (unpaired) electrons. The summed E-state index contributed by atoms with van der Waals surface area (Å²) in [4.78, 5) is 16.5. The second-order valence-electron chi connectivity index (χ2n) is 6.73. The molecule has 0 aromatic heterocycles. The number of carbonyl (C=O) groups is 1. The van der Waals surface area contributed by atoms with Gasteiger partial charge in [0.15, 0.2) is 5.96 Å². The van der Waals surface area contributed by atoms with E-state index in [-0.39, 0.29) is 40.7 Å². The molecule has 7 heteroatoms. The largest absolute Gasteiger partial charge is 0.355 e. The Balaban J connectivity index is 0.00000625. The third-order valence-electron chi connectivity index (χ3n) is 4.10. The molecular weight excluding hydrogens is 459 g/mol. The van der Waals surface area contributed by atoms with Crippen molar-refractivity contribution in [1.82, 2.24) is 16.0 Å². The van der Waals surface area contributed by atoms with Crippen LogP contribution in [0.5, 0.6) is 0 Å². The molecule has 26 heavy (non-hydrogen) atoms. The molecule has 0 aliphatic heterocycles. The average Bonchev–Trinajstić information content (AvgIpc) is 2.61. The number of rotatable bonds is 8. The third-order valence-corrected chi connectivity index (χ3v) is 5.35. The van der Waals surface area contributed by atoms with Crippen molar-refractivity contribution in [3.05, 3.63) is 35.4 Å². The van der Waals surface area contributed by atoms with E-state index in [9.17, 15) is 4.79 Å². The first-order valence-corrected chi connectivity index (χ1v) is 9.93. The van der Waals surface area contributed by atoms with Crippen molar-refractivity contribution in [3.63, 3.8) is 0 Å². The lowest BCUT2D eigenvalue weighted by Gasteiger charge is -2.23. The molecule has 0 saturated heterocycles. The average molecular weight is 492 g/mol. The monoisotopic (exact) mass is 492 g/mol. The topological polar surface area (TPSA) is 65.5 Å². The lowest BCUT2D eigenvalue weighted by molar-refractivity contribution is 0.0939. The maximum Gasteiger partial charge on any atom is 0.251 e. The summed E-state index contributed by atoms with van der Waals surface area (Å²) in [6.45, 7) is 9.89. The van der Waals surface area contributed by atoms with Crippen LogP contribution < -0.4 is 16.0 Å². The number of hydrogen-bond acceptors (Lipinski definition) is 3. The summed E-state index contributed by atoms with van der Waals surface area (Å²) in [5, 5.41) is 9.63. The normalized spacial score (nSPS) is 12.8. The number of nitrogens with zero attached hydrogens (tertiary/aromatic N) is 1. The van der Waals surface area contributed by atoms with Gasteiger partial charge in [-0.1, -0.05) is 19.1 Å². The van der Waals surface area contributed by atoms with Gasteiger partial charge in [0.05, 0.1) is 0 Å². The van der Waals surface area contributed by atoms with Crippen LogP contribution >= 0.6 is 35.7 Å². The molecule has 0 aliphatic carbocycles. The molecule has 0 saturated carbocycles. The number of benzene rings is 1. The molecule has 1 amide bonds. The van der Waals surface area contributed by atoms with Crippen molar-refractivity contribution in [1.29, 1.82) is 0 Å². The number of amides is 1. The number of guanidine groups is 1. The minimum Gasteiger partial charge on any atom is -0.355 e. The summed E-state index contributed by atoms with van der Waals surface area (Å²) >= 11 is 1.82.